The van der Waals surface area contributed by atoms with Gasteiger partial charge < -0.3 is 0 Å². The van der Waals surface area contributed by atoms with Crippen LogP contribution >= 0.6 is 0 Å². The number of hydrogen-bond acceptors (Lipinski definition) is 0. The predicted molar refractivity (Wildman–Crippen MR) is 48.1 cm³/mol. The normalized spacial score (nSPS) is 15.9. The Bertz CT molecular complexity index is 90.2. The molecule has 0 fully saturated rings. The summed E-state index contributed by atoms with van der Waals surface area (Å²) in [6, 6.07) is 0. The Balaban J connectivity index is 4.09. The molecule has 0 N–H and O–H groups in total. The first-order valence-corrected chi connectivity index (χ1v) is 4.42. The van der Waals surface area contributed by atoms with E-state index in [-0.39, 0.29) is 0 Å². The van der Waals surface area contributed by atoms with E-state index in [0.717, 1.165) is 11.8 Å². The molecule has 0 spiro atoms. The standard InChI is InChI=1S/C10H22/c1-7-9(4)10(5,6)8(2)3/h8-9H,7H2,1-6H3/t9-/m0/s1. The Morgan fingerprint density at radius 1 is 1.10 bits per heavy atom. The summed E-state index contributed by atoms with van der Waals surface area (Å²) in [6.07, 6.45) is 1.30. The summed E-state index contributed by atoms with van der Waals surface area (Å²) in [5.74, 6) is 1.63. The van der Waals surface area contributed by atoms with Crippen molar-refractivity contribution in [2.45, 2.75) is 48.0 Å². The molecule has 0 heteroatoms. The average molecular weight is 142 g/mol. The summed E-state index contributed by atoms with van der Waals surface area (Å²) in [4.78, 5) is 0. The van der Waals surface area contributed by atoms with Crippen LogP contribution in [0.25, 0.3) is 0 Å². The van der Waals surface area contributed by atoms with Gasteiger partial charge >= 0.3 is 0 Å². The van der Waals surface area contributed by atoms with Gasteiger partial charge in [0.2, 0.25) is 0 Å². The van der Waals surface area contributed by atoms with Crippen LogP contribution in [0.15, 0.2) is 0 Å². The summed E-state index contributed by atoms with van der Waals surface area (Å²) in [6.45, 7) is 14.0. The molecule has 0 aliphatic carbocycles. The highest BCUT2D eigenvalue weighted by molar-refractivity contribution is 4.77. The second kappa shape index (κ2) is 3.41. The van der Waals surface area contributed by atoms with Crippen molar-refractivity contribution in [3.05, 3.63) is 0 Å². The lowest BCUT2D eigenvalue weighted by Crippen LogP contribution is -2.27. The molecular weight excluding hydrogens is 120 g/mol. The third-order valence-electron chi connectivity index (χ3n) is 3.37. The molecule has 0 rings (SSSR count). The van der Waals surface area contributed by atoms with Crippen LogP contribution in [0.1, 0.15) is 48.0 Å². The van der Waals surface area contributed by atoms with Gasteiger partial charge in [-0.3, -0.25) is 0 Å². The maximum atomic E-state index is 2.37. The van der Waals surface area contributed by atoms with E-state index in [0.29, 0.717) is 5.41 Å². The van der Waals surface area contributed by atoms with Gasteiger partial charge in [0.15, 0.2) is 0 Å². The molecule has 1 atom stereocenters. The van der Waals surface area contributed by atoms with Crippen molar-refractivity contribution in [2.75, 3.05) is 0 Å². The molecule has 0 aromatic carbocycles. The zero-order valence-corrected chi connectivity index (χ0v) is 8.36. The number of hydrogen-bond donors (Lipinski definition) is 0. The minimum atomic E-state index is 0.509. The summed E-state index contributed by atoms with van der Waals surface area (Å²) in [5.41, 5.74) is 0.509. The highest BCUT2D eigenvalue weighted by Crippen LogP contribution is 2.36. The first kappa shape index (κ1) is 10.0. The van der Waals surface area contributed by atoms with Crippen LogP contribution in [0, 0.1) is 17.3 Å². The highest BCUT2D eigenvalue weighted by atomic mass is 14.3. The second-order valence-corrected chi connectivity index (χ2v) is 4.29. The van der Waals surface area contributed by atoms with Gasteiger partial charge in [-0.05, 0) is 17.3 Å². The predicted octanol–water partition coefficient (Wildman–Crippen LogP) is 3.71. The molecule has 0 aromatic rings. The van der Waals surface area contributed by atoms with E-state index in [1.807, 2.05) is 0 Å². The molecule has 0 saturated heterocycles. The van der Waals surface area contributed by atoms with E-state index < -0.39 is 0 Å². The van der Waals surface area contributed by atoms with Crippen LogP contribution in [0.4, 0.5) is 0 Å². The van der Waals surface area contributed by atoms with E-state index >= 15 is 0 Å². The summed E-state index contributed by atoms with van der Waals surface area (Å²) in [7, 11) is 0. The van der Waals surface area contributed by atoms with E-state index in [4.69, 9.17) is 0 Å². The fourth-order valence-corrected chi connectivity index (χ4v) is 1.10. The first-order chi connectivity index (χ1) is 4.42. The zero-order valence-electron chi connectivity index (χ0n) is 8.36. The fourth-order valence-electron chi connectivity index (χ4n) is 1.10. The Hall–Kier alpha value is 0. The minimum Gasteiger partial charge on any atom is -0.0651 e. The van der Waals surface area contributed by atoms with Gasteiger partial charge in [0.25, 0.3) is 0 Å². The molecule has 0 aliphatic rings. The van der Waals surface area contributed by atoms with Gasteiger partial charge in [0, 0.05) is 0 Å². The highest BCUT2D eigenvalue weighted by Gasteiger charge is 2.27. The van der Waals surface area contributed by atoms with Crippen LogP contribution in [-0.2, 0) is 0 Å². The van der Waals surface area contributed by atoms with E-state index in [2.05, 4.69) is 41.5 Å². The summed E-state index contributed by atoms with van der Waals surface area (Å²) >= 11 is 0. The molecule has 0 aromatic heterocycles. The number of rotatable bonds is 3. The molecule has 0 nitrogen and oxygen atoms in total. The Labute approximate surface area is 66.0 Å². The van der Waals surface area contributed by atoms with E-state index in [9.17, 15) is 0 Å². The lowest BCUT2D eigenvalue weighted by Gasteiger charge is -2.35. The maximum absolute atomic E-state index is 2.37. The lowest BCUT2D eigenvalue weighted by atomic mass is 9.71. The fraction of sp³-hybridized carbons (Fsp3) is 1.00. The van der Waals surface area contributed by atoms with Crippen LogP contribution < -0.4 is 0 Å². The summed E-state index contributed by atoms with van der Waals surface area (Å²) < 4.78 is 0. The molecule has 0 radical (unpaired) electrons. The summed E-state index contributed by atoms with van der Waals surface area (Å²) in [5, 5.41) is 0. The zero-order chi connectivity index (χ0) is 8.36. The SMILES string of the molecule is CC[C@H](C)C(C)(C)C(C)C. The quantitative estimate of drug-likeness (QED) is 0.563. The van der Waals surface area contributed by atoms with Gasteiger partial charge in [-0.15, -0.1) is 0 Å². The molecule has 0 heterocycles. The van der Waals surface area contributed by atoms with Gasteiger partial charge in [-0.2, -0.15) is 0 Å². The Kier molecular flexibility index (Phi) is 3.41. The molecule has 62 valence electrons. The largest absolute Gasteiger partial charge is 0.0651 e. The van der Waals surface area contributed by atoms with E-state index in [1.165, 1.54) is 6.42 Å². The third-order valence-corrected chi connectivity index (χ3v) is 3.37. The molecule has 0 amide bonds. The van der Waals surface area contributed by atoms with Crippen molar-refractivity contribution in [2.24, 2.45) is 17.3 Å². The van der Waals surface area contributed by atoms with Crippen molar-refractivity contribution in [1.82, 2.24) is 0 Å². The third kappa shape index (κ3) is 2.00. The van der Waals surface area contributed by atoms with Gasteiger partial charge in [0.05, 0.1) is 0 Å². The minimum absolute atomic E-state index is 0.509. The van der Waals surface area contributed by atoms with Crippen LogP contribution in [0.2, 0.25) is 0 Å². The molecular formula is C10H22. The van der Waals surface area contributed by atoms with Crippen LogP contribution in [0.3, 0.4) is 0 Å². The molecule has 0 unspecified atom stereocenters. The molecule has 0 saturated carbocycles. The lowest BCUT2D eigenvalue weighted by molar-refractivity contribution is 0.147. The maximum Gasteiger partial charge on any atom is -0.0306 e. The monoisotopic (exact) mass is 142 g/mol. The van der Waals surface area contributed by atoms with Crippen LogP contribution in [0.5, 0.6) is 0 Å². The van der Waals surface area contributed by atoms with Crippen molar-refractivity contribution < 1.29 is 0 Å². The Morgan fingerprint density at radius 2 is 1.50 bits per heavy atom. The average Bonchev–Trinajstić information content (AvgIpc) is 1.86. The molecule has 10 heavy (non-hydrogen) atoms. The van der Waals surface area contributed by atoms with Crippen molar-refractivity contribution >= 4 is 0 Å². The van der Waals surface area contributed by atoms with Crippen molar-refractivity contribution in [3.8, 4) is 0 Å². The first-order valence-electron chi connectivity index (χ1n) is 4.42. The second-order valence-electron chi connectivity index (χ2n) is 4.29. The molecule has 0 aliphatic heterocycles. The van der Waals surface area contributed by atoms with Crippen LogP contribution in [-0.4, -0.2) is 0 Å². The van der Waals surface area contributed by atoms with E-state index in [1.54, 1.807) is 0 Å². The Morgan fingerprint density at radius 3 is 1.60 bits per heavy atom. The smallest absolute Gasteiger partial charge is 0.0306 e. The topological polar surface area (TPSA) is 0 Å². The van der Waals surface area contributed by atoms with Gasteiger partial charge in [-0.25, -0.2) is 0 Å². The van der Waals surface area contributed by atoms with Gasteiger partial charge in [0.1, 0.15) is 0 Å². The van der Waals surface area contributed by atoms with Crippen molar-refractivity contribution in [3.63, 3.8) is 0 Å². The van der Waals surface area contributed by atoms with Gasteiger partial charge in [-0.1, -0.05) is 48.0 Å². The van der Waals surface area contributed by atoms with Crippen molar-refractivity contribution in [1.29, 1.82) is 0 Å². The molecule has 0 bridgehead atoms.